The Kier molecular flexibility index (Phi) is 6.68. The summed E-state index contributed by atoms with van der Waals surface area (Å²) in [5, 5.41) is 7.58. The smallest absolute Gasteiger partial charge is 0.132 e. The number of thiophene rings is 1. The third kappa shape index (κ3) is 4.38. The fourth-order valence-electron chi connectivity index (χ4n) is 9.25. The second kappa shape index (κ2) is 11.8. The van der Waals surface area contributed by atoms with Crippen LogP contribution in [0.2, 0.25) is 0 Å². The van der Waals surface area contributed by atoms with Crippen molar-refractivity contribution in [3.05, 3.63) is 210 Å². The predicted octanol–water partition coefficient (Wildman–Crippen LogP) is 14.8. The summed E-state index contributed by atoms with van der Waals surface area (Å²) in [6, 6.07) is 69.0. The summed E-state index contributed by atoms with van der Waals surface area (Å²) in [5.74, 6) is 1.79. The van der Waals surface area contributed by atoms with Crippen molar-refractivity contribution in [1.82, 2.24) is 0 Å². The van der Waals surface area contributed by atoms with Gasteiger partial charge in [-0.3, -0.25) is 0 Å². The lowest BCUT2D eigenvalue weighted by Gasteiger charge is -2.46. The maximum absolute atomic E-state index is 6.68. The van der Waals surface area contributed by atoms with Crippen LogP contribution in [0.25, 0.3) is 41.7 Å². The Hall–Kier alpha value is -6.33. The molecule has 9 aromatic carbocycles. The molecular formula is C51H31NOS2. The molecule has 0 bridgehead atoms. The molecule has 3 heterocycles. The number of fused-ring (bicyclic) bond motifs is 14. The lowest BCUT2D eigenvalue weighted by molar-refractivity contribution is 0.431. The maximum atomic E-state index is 6.68. The minimum atomic E-state index is -0.587. The quantitative estimate of drug-likeness (QED) is 0.168. The van der Waals surface area contributed by atoms with E-state index in [9.17, 15) is 0 Å². The van der Waals surface area contributed by atoms with E-state index < -0.39 is 5.41 Å². The number of hydrogen-bond acceptors (Lipinski definition) is 4. The monoisotopic (exact) mass is 737 g/mol. The molecule has 1 aromatic heterocycles. The fourth-order valence-corrected chi connectivity index (χ4v) is 11.8. The normalized spacial score (nSPS) is 13.7. The van der Waals surface area contributed by atoms with E-state index in [4.69, 9.17) is 4.74 Å². The van der Waals surface area contributed by atoms with E-state index in [1.165, 1.54) is 68.3 Å². The van der Waals surface area contributed by atoms with Crippen molar-refractivity contribution in [2.45, 2.75) is 15.2 Å². The summed E-state index contributed by atoms with van der Waals surface area (Å²) < 4.78 is 9.25. The maximum Gasteiger partial charge on any atom is 0.132 e. The molecule has 4 heteroatoms. The third-order valence-corrected chi connectivity index (χ3v) is 14.0. The van der Waals surface area contributed by atoms with Crippen molar-refractivity contribution < 1.29 is 4.74 Å². The molecule has 2 aliphatic rings. The highest BCUT2D eigenvalue weighted by Crippen LogP contribution is 2.63. The van der Waals surface area contributed by atoms with Crippen LogP contribution in [0.1, 0.15) is 22.3 Å². The van der Waals surface area contributed by atoms with E-state index in [-0.39, 0.29) is 0 Å². The first-order chi connectivity index (χ1) is 27.3. The molecule has 0 saturated heterocycles. The standard InChI is InChI=1S/C51H31NOS2/c1-2-14-35-32(13-1)27-28-33-31-34(29-30-36(33)35)52(43-21-11-16-38-37-15-3-9-25-47(37)54-49(38)43)44-22-12-20-42-50(44)55-48-26-10-6-19-41(48)51(42)39-17-4-7-23-45(39)53-46-24-8-5-18-40(46)51/h1-31H. The summed E-state index contributed by atoms with van der Waals surface area (Å²) in [5.41, 5.74) is 7.74. The van der Waals surface area contributed by atoms with Crippen LogP contribution in [-0.4, -0.2) is 0 Å². The van der Waals surface area contributed by atoms with Crippen molar-refractivity contribution in [2.75, 3.05) is 4.90 Å². The summed E-state index contributed by atoms with van der Waals surface area (Å²) in [6.07, 6.45) is 0. The molecule has 258 valence electrons. The Bertz CT molecular complexity index is 3130. The number of rotatable bonds is 3. The molecule has 2 aliphatic heterocycles. The first-order valence-electron chi connectivity index (χ1n) is 18.7. The van der Waals surface area contributed by atoms with Crippen LogP contribution >= 0.6 is 23.1 Å². The zero-order valence-corrected chi connectivity index (χ0v) is 31.2. The second-order valence-electron chi connectivity index (χ2n) is 14.4. The fraction of sp³-hybridized carbons (Fsp3) is 0.0196. The molecule has 0 radical (unpaired) electrons. The van der Waals surface area contributed by atoms with E-state index in [0.717, 1.165) is 34.0 Å². The van der Waals surface area contributed by atoms with Gasteiger partial charge in [0.25, 0.3) is 0 Å². The highest BCUT2D eigenvalue weighted by molar-refractivity contribution is 7.99. The Morgan fingerprint density at radius 2 is 1.05 bits per heavy atom. The number of benzene rings is 9. The van der Waals surface area contributed by atoms with Gasteiger partial charge in [-0.25, -0.2) is 0 Å². The Balaban J connectivity index is 1.19. The first kappa shape index (κ1) is 31.1. The largest absolute Gasteiger partial charge is 0.457 e. The van der Waals surface area contributed by atoms with Gasteiger partial charge in [0.05, 0.1) is 21.5 Å². The molecule has 0 atom stereocenters. The molecule has 0 aliphatic carbocycles. The molecule has 0 unspecified atom stereocenters. The highest BCUT2D eigenvalue weighted by Gasteiger charge is 2.50. The Morgan fingerprint density at radius 1 is 0.436 bits per heavy atom. The van der Waals surface area contributed by atoms with Crippen LogP contribution in [0, 0.1) is 0 Å². The molecule has 12 rings (SSSR count). The van der Waals surface area contributed by atoms with Crippen LogP contribution < -0.4 is 9.64 Å². The molecule has 55 heavy (non-hydrogen) atoms. The third-order valence-electron chi connectivity index (χ3n) is 11.6. The average molecular weight is 738 g/mol. The molecule has 2 nitrogen and oxygen atoms in total. The van der Waals surface area contributed by atoms with Crippen molar-refractivity contribution in [1.29, 1.82) is 0 Å². The van der Waals surface area contributed by atoms with Gasteiger partial charge < -0.3 is 9.64 Å². The van der Waals surface area contributed by atoms with E-state index >= 15 is 0 Å². The van der Waals surface area contributed by atoms with Gasteiger partial charge in [0, 0.05) is 42.1 Å². The van der Waals surface area contributed by atoms with Gasteiger partial charge in [-0.15, -0.1) is 11.3 Å². The van der Waals surface area contributed by atoms with Crippen LogP contribution in [0.15, 0.2) is 198 Å². The van der Waals surface area contributed by atoms with E-state index in [1.54, 1.807) is 0 Å². The minimum absolute atomic E-state index is 0.587. The van der Waals surface area contributed by atoms with Crippen LogP contribution in [0.5, 0.6) is 11.5 Å². The lowest BCUT2D eigenvalue weighted by Crippen LogP contribution is -2.37. The van der Waals surface area contributed by atoms with E-state index in [2.05, 4.69) is 193 Å². The second-order valence-corrected chi connectivity index (χ2v) is 16.5. The van der Waals surface area contributed by atoms with Crippen molar-refractivity contribution >= 4 is 81.9 Å². The van der Waals surface area contributed by atoms with Gasteiger partial charge in [0.15, 0.2) is 0 Å². The zero-order chi connectivity index (χ0) is 36.1. The number of nitrogens with zero attached hydrogens (tertiary/aromatic N) is 1. The van der Waals surface area contributed by atoms with Crippen LogP contribution in [0.3, 0.4) is 0 Å². The molecule has 1 spiro atoms. The van der Waals surface area contributed by atoms with E-state index in [1.807, 2.05) is 23.1 Å². The topological polar surface area (TPSA) is 12.5 Å². The predicted molar refractivity (Wildman–Crippen MR) is 232 cm³/mol. The molecule has 0 saturated carbocycles. The molecular weight excluding hydrogens is 707 g/mol. The van der Waals surface area contributed by atoms with Crippen LogP contribution in [-0.2, 0) is 5.41 Å². The van der Waals surface area contributed by atoms with Gasteiger partial charge >= 0.3 is 0 Å². The summed E-state index contributed by atoms with van der Waals surface area (Å²) >= 11 is 3.76. The summed E-state index contributed by atoms with van der Waals surface area (Å²) in [4.78, 5) is 5.01. The van der Waals surface area contributed by atoms with Gasteiger partial charge in [0.1, 0.15) is 11.5 Å². The minimum Gasteiger partial charge on any atom is -0.457 e. The van der Waals surface area contributed by atoms with Crippen molar-refractivity contribution in [3.63, 3.8) is 0 Å². The van der Waals surface area contributed by atoms with Gasteiger partial charge in [-0.2, -0.15) is 0 Å². The number of para-hydroxylation sites is 2. The van der Waals surface area contributed by atoms with Gasteiger partial charge in [-0.05, 0) is 81.2 Å². The molecule has 0 amide bonds. The molecule has 10 aromatic rings. The van der Waals surface area contributed by atoms with Crippen LogP contribution in [0.4, 0.5) is 17.1 Å². The van der Waals surface area contributed by atoms with Gasteiger partial charge in [0.2, 0.25) is 0 Å². The first-order valence-corrected chi connectivity index (χ1v) is 20.3. The van der Waals surface area contributed by atoms with Crippen molar-refractivity contribution in [2.24, 2.45) is 0 Å². The summed E-state index contributed by atoms with van der Waals surface area (Å²) in [6.45, 7) is 0. The van der Waals surface area contributed by atoms with Crippen molar-refractivity contribution in [3.8, 4) is 11.5 Å². The Labute approximate surface area is 326 Å². The highest BCUT2D eigenvalue weighted by atomic mass is 32.2. The van der Waals surface area contributed by atoms with E-state index in [0.29, 0.717) is 0 Å². The number of ether oxygens (including phenoxy) is 1. The molecule has 0 fully saturated rings. The Morgan fingerprint density at radius 3 is 1.91 bits per heavy atom. The number of anilines is 3. The molecule has 0 N–H and O–H groups in total. The average Bonchev–Trinajstić information content (AvgIpc) is 3.63. The van der Waals surface area contributed by atoms with Gasteiger partial charge in [-0.1, -0.05) is 151 Å². The number of hydrogen-bond donors (Lipinski definition) is 0. The zero-order valence-electron chi connectivity index (χ0n) is 29.6. The lowest BCUT2D eigenvalue weighted by atomic mass is 9.63. The SMILES string of the molecule is c1ccc2c(c1)Oc1ccccc1C21c2ccccc2Sc2c(N(c3ccc4c(ccc5ccccc54)c3)c3cccc4c3sc3ccccc34)cccc21. The summed E-state index contributed by atoms with van der Waals surface area (Å²) in [7, 11) is 0.